The van der Waals surface area contributed by atoms with Crippen LogP contribution < -0.4 is 15.8 Å². The fraction of sp³-hybridized carbons (Fsp3) is 0.333. The van der Waals surface area contributed by atoms with Gasteiger partial charge in [-0.2, -0.15) is 0 Å². The summed E-state index contributed by atoms with van der Waals surface area (Å²) in [6, 6.07) is 1.32. The molecule has 100 valence electrons. The van der Waals surface area contributed by atoms with E-state index in [1.54, 1.807) is 0 Å². The van der Waals surface area contributed by atoms with Crippen molar-refractivity contribution >= 4 is 33.3 Å². The third kappa shape index (κ3) is 4.13. The summed E-state index contributed by atoms with van der Waals surface area (Å²) >= 11 is 5.78. The lowest BCUT2D eigenvalue weighted by Gasteiger charge is -2.07. The first-order valence-corrected chi connectivity index (χ1v) is 6.99. The van der Waals surface area contributed by atoms with Crippen molar-refractivity contribution in [3.05, 3.63) is 22.8 Å². The first-order valence-electron chi connectivity index (χ1n) is 4.96. The maximum absolute atomic E-state index is 11.7. The summed E-state index contributed by atoms with van der Waals surface area (Å²) in [4.78, 5) is 15.4. The molecule has 1 aromatic heterocycles. The van der Waals surface area contributed by atoms with E-state index < -0.39 is 15.9 Å². The second-order valence-corrected chi connectivity index (χ2v) is 5.82. The zero-order valence-electron chi connectivity index (χ0n) is 9.60. The van der Waals surface area contributed by atoms with E-state index in [4.69, 9.17) is 17.3 Å². The molecule has 0 unspecified atom stereocenters. The fourth-order valence-corrected chi connectivity index (χ4v) is 1.89. The average Bonchev–Trinajstić information content (AvgIpc) is 2.32. The van der Waals surface area contributed by atoms with E-state index in [9.17, 15) is 13.2 Å². The number of halogens is 1. The highest BCUT2D eigenvalue weighted by Crippen LogP contribution is 2.16. The highest BCUT2D eigenvalue weighted by molar-refractivity contribution is 7.89. The third-order valence-electron chi connectivity index (χ3n) is 2.09. The standard InChI is InChI=1S/C9H13ClN4O3S/c1-12-18(16,17)3-2-13-9(15)6-4-8(11)14-5-7(6)10/h4-5,12H,2-3H2,1H3,(H2,11,14)(H,13,15). The monoisotopic (exact) mass is 292 g/mol. The zero-order valence-corrected chi connectivity index (χ0v) is 11.2. The van der Waals surface area contributed by atoms with Crippen molar-refractivity contribution in [3.63, 3.8) is 0 Å². The number of rotatable bonds is 5. The van der Waals surface area contributed by atoms with E-state index >= 15 is 0 Å². The van der Waals surface area contributed by atoms with Gasteiger partial charge in [-0.3, -0.25) is 4.79 Å². The summed E-state index contributed by atoms with van der Waals surface area (Å²) in [5, 5.41) is 2.58. The SMILES string of the molecule is CNS(=O)(=O)CCNC(=O)c1cc(N)ncc1Cl. The Hall–Kier alpha value is -1.38. The number of hydrogen-bond acceptors (Lipinski definition) is 5. The van der Waals surface area contributed by atoms with Gasteiger partial charge in [0.25, 0.3) is 5.91 Å². The number of nitrogens with one attached hydrogen (secondary N) is 2. The number of aromatic nitrogens is 1. The van der Waals surface area contributed by atoms with Crippen LogP contribution in [0.2, 0.25) is 5.02 Å². The summed E-state index contributed by atoms with van der Waals surface area (Å²) < 4.78 is 24.4. The largest absolute Gasteiger partial charge is 0.384 e. The number of nitrogen functional groups attached to an aromatic ring is 1. The number of anilines is 1. The van der Waals surface area contributed by atoms with Crippen LogP contribution in [0, 0.1) is 0 Å². The molecule has 0 spiro atoms. The van der Waals surface area contributed by atoms with Gasteiger partial charge >= 0.3 is 0 Å². The van der Waals surface area contributed by atoms with Crippen LogP contribution in [0.25, 0.3) is 0 Å². The minimum atomic E-state index is -3.35. The molecular formula is C9H13ClN4O3S. The van der Waals surface area contributed by atoms with Gasteiger partial charge in [0, 0.05) is 12.7 Å². The van der Waals surface area contributed by atoms with Crippen molar-refractivity contribution < 1.29 is 13.2 Å². The van der Waals surface area contributed by atoms with Crippen LogP contribution in [-0.2, 0) is 10.0 Å². The van der Waals surface area contributed by atoms with Gasteiger partial charge in [-0.05, 0) is 13.1 Å². The average molecular weight is 293 g/mol. The predicted octanol–water partition coefficient (Wildman–Crippen LogP) is -0.404. The number of carbonyl (C=O) groups excluding carboxylic acids is 1. The Labute approximate surface area is 110 Å². The van der Waals surface area contributed by atoms with Gasteiger partial charge in [0.1, 0.15) is 5.82 Å². The number of pyridine rings is 1. The molecule has 18 heavy (non-hydrogen) atoms. The molecule has 0 aromatic carbocycles. The molecule has 1 aromatic rings. The lowest BCUT2D eigenvalue weighted by atomic mass is 10.2. The summed E-state index contributed by atoms with van der Waals surface area (Å²) in [6.45, 7) is -0.0272. The number of hydrogen-bond donors (Lipinski definition) is 3. The Morgan fingerprint density at radius 3 is 2.83 bits per heavy atom. The molecule has 0 atom stereocenters. The molecule has 1 heterocycles. The number of nitrogens with zero attached hydrogens (tertiary/aromatic N) is 1. The highest BCUT2D eigenvalue weighted by atomic mass is 35.5. The molecule has 9 heteroatoms. The van der Waals surface area contributed by atoms with Gasteiger partial charge in [0.15, 0.2) is 0 Å². The lowest BCUT2D eigenvalue weighted by molar-refractivity contribution is 0.0956. The van der Waals surface area contributed by atoms with Crippen LogP contribution in [0.15, 0.2) is 12.3 Å². The Bertz CT molecular complexity index is 547. The topological polar surface area (TPSA) is 114 Å². The Kier molecular flexibility index (Phi) is 4.88. The van der Waals surface area contributed by atoms with Crippen LogP contribution in [-0.4, -0.2) is 38.7 Å². The van der Waals surface area contributed by atoms with Crippen LogP contribution in [0.3, 0.4) is 0 Å². The molecule has 0 fully saturated rings. The van der Waals surface area contributed by atoms with Crippen LogP contribution >= 0.6 is 11.6 Å². The molecule has 0 radical (unpaired) electrons. The van der Waals surface area contributed by atoms with E-state index in [1.807, 2.05) is 0 Å². The van der Waals surface area contributed by atoms with Crippen molar-refractivity contribution in [3.8, 4) is 0 Å². The zero-order chi connectivity index (χ0) is 13.8. The van der Waals surface area contributed by atoms with E-state index in [0.717, 1.165) is 0 Å². The third-order valence-corrected chi connectivity index (χ3v) is 3.75. The van der Waals surface area contributed by atoms with Gasteiger partial charge < -0.3 is 11.1 Å². The Morgan fingerprint density at radius 1 is 1.56 bits per heavy atom. The minimum absolute atomic E-state index is 0.0272. The number of sulfonamides is 1. The number of carbonyl (C=O) groups is 1. The molecule has 0 aliphatic carbocycles. The molecule has 0 saturated carbocycles. The lowest BCUT2D eigenvalue weighted by Crippen LogP contribution is -2.33. The van der Waals surface area contributed by atoms with Crippen LogP contribution in [0.4, 0.5) is 5.82 Å². The van der Waals surface area contributed by atoms with E-state index in [2.05, 4.69) is 15.0 Å². The van der Waals surface area contributed by atoms with Crippen molar-refractivity contribution in [1.82, 2.24) is 15.0 Å². The molecule has 1 rings (SSSR count). The van der Waals surface area contributed by atoms with E-state index in [1.165, 1.54) is 19.3 Å². The van der Waals surface area contributed by atoms with Gasteiger partial charge in [-0.1, -0.05) is 11.6 Å². The molecule has 0 bridgehead atoms. The summed E-state index contributed by atoms with van der Waals surface area (Å²) in [7, 11) is -2.05. The normalized spacial score (nSPS) is 11.2. The quantitative estimate of drug-likeness (QED) is 0.683. The van der Waals surface area contributed by atoms with Crippen molar-refractivity contribution in [2.75, 3.05) is 25.1 Å². The molecule has 4 N–H and O–H groups in total. The van der Waals surface area contributed by atoms with Gasteiger partial charge in [0.05, 0.1) is 16.3 Å². The first kappa shape index (κ1) is 14.7. The van der Waals surface area contributed by atoms with Crippen LogP contribution in [0.1, 0.15) is 10.4 Å². The number of nitrogens with two attached hydrogens (primary N) is 1. The maximum atomic E-state index is 11.7. The van der Waals surface area contributed by atoms with Crippen LogP contribution in [0.5, 0.6) is 0 Å². The Morgan fingerprint density at radius 2 is 2.22 bits per heavy atom. The maximum Gasteiger partial charge on any atom is 0.253 e. The minimum Gasteiger partial charge on any atom is -0.384 e. The molecule has 7 nitrogen and oxygen atoms in total. The van der Waals surface area contributed by atoms with Gasteiger partial charge in [0.2, 0.25) is 10.0 Å². The van der Waals surface area contributed by atoms with Gasteiger partial charge in [-0.15, -0.1) is 0 Å². The highest BCUT2D eigenvalue weighted by Gasteiger charge is 2.12. The molecule has 0 saturated heterocycles. The number of amides is 1. The van der Waals surface area contributed by atoms with Crippen molar-refractivity contribution in [2.24, 2.45) is 0 Å². The molecule has 0 aliphatic rings. The smallest absolute Gasteiger partial charge is 0.253 e. The van der Waals surface area contributed by atoms with E-state index in [-0.39, 0.29) is 28.7 Å². The summed E-state index contributed by atoms with van der Waals surface area (Å²) in [5.41, 5.74) is 5.59. The molecule has 0 aliphatic heterocycles. The van der Waals surface area contributed by atoms with Gasteiger partial charge in [-0.25, -0.2) is 18.1 Å². The Balaban J connectivity index is 2.64. The predicted molar refractivity (Wildman–Crippen MR) is 68.8 cm³/mol. The second-order valence-electron chi connectivity index (χ2n) is 3.37. The van der Waals surface area contributed by atoms with Crippen molar-refractivity contribution in [2.45, 2.75) is 0 Å². The second kappa shape index (κ2) is 5.98. The summed E-state index contributed by atoms with van der Waals surface area (Å²) in [6.07, 6.45) is 1.26. The summed E-state index contributed by atoms with van der Waals surface area (Å²) in [5.74, 6) is -0.555. The first-order chi connectivity index (χ1) is 8.35. The molecule has 1 amide bonds. The molecular weight excluding hydrogens is 280 g/mol. The van der Waals surface area contributed by atoms with Crippen molar-refractivity contribution in [1.29, 1.82) is 0 Å². The van der Waals surface area contributed by atoms with E-state index in [0.29, 0.717) is 0 Å². The fourth-order valence-electron chi connectivity index (χ4n) is 1.13.